The van der Waals surface area contributed by atoms with E-state index in [-0.39, 0.29) is 11.3 Å². The molecule has 0 saturated heterocycles. The molecule has 19 heavy (non-hydrogen) atoms. The second-order valence-corrected chi connectivity index (χ2v) is 4.88. The van der Waals surface area contributed by atoms with Crippen LogP contribution in [0.1, 0.15) is 42.7 Å². The number of nitriles is 1. The lowest BCUT2D eigenvalue weighted by Crippen LogP contribution is -2.24. The molecule has 1 N–H and O–H groups in total. The van der Waals surface area contributed by atoms with Gasteiger partial charge in [0.15, 0.2) is 5.92 Å². The van der Waals surface area contributed by atoms with Gasteiger partial charge >= 0.3 is 11.9 Å². The first-order chi connectivity index (χ1) is 8.74. The van der Waals surface area contributed by atoms with Gasteiger partial charge in [-0.2, -0.15) is 5.26 Å². The van der Waals surface area contributed by atoms with E-state index in [0.29, 0.717) is 0 Å². The van der Waals surface area contributed by atoms with Crippen LogP contribution in [0.3, 0.4) is 0 Å². The number of pyridine rings is 1. The van der Waals surface area contributed by atoms with Crippen molar-refractivity contribution in [3.8, 4) is 6.07 Å². The lowest BCUT2D eigenvalue weighted by Gasteiger charge is -2.19. The number of hydrogen-bond donors (Lipinski definition) is 1. The lowest BCUT2D eigenvalue weighted by atomic mass is 10.0. The van der Waals surface area contributed by atoms with Gasteiger partial charge in [-0.05, 0) is 38.5 Å². The molecule has 0 spiro atoms. The van der Waals surface area contributed by atoms with E-state index in [2.05, 4.69) is 4.98 Å². The summed E-state index contributed by atoms with van der Waals surface area (Å²) < 4.78 is 5.12. The van der Waals surface area contributed by atoms with Crippen molar-refractivity contribution in [1.29, 1.82) is 5.26 Å². The Morgan fingerprint density at radius 3 is 2.58 bits per heavy atom. The quantitative estimate of drug-likeness (QED) is 0.832. The van der Waals surface area contributed by atoms with Crippen LogP contribution in [0.2, 0.25) is 0 Å². The molecule has 0 aliphatic heterocycles. The van der Waals surface area contributed by atoms with Gasteiger partial charge in [0.05, 0.1) is 6.07 Å². The van der Waals surface area contributed by atoms with Crippen molar-refractivity contribution in [2.75, 3.05) is 0 Å². The highest BCUT2D eigenvalue weighted by atomic mass is 16.6. The van der Waals surface area contributed by atoms with Gasteiger partial charge < -0.3 is 9.84 Å². The Morgan fingerprint density at radius 2 is 2.11 bits per heavy atom. The minimum absolute atomic E-state index is 0.0195. The van der Waals surface area contributed by atoms with Gasteiger partial charge in [0.25, 0.3) is 0 Å². The Labute approximate surface area is 110 Å². The summed E-state index contributed by atoms with van der Waals surface area (Å²) in [6.07, 6.45) is 1.28. The summed E-state index contributed by atoms with van der Waals surface area (Å²) in [6.45, 7) is 5.14. The second-order valence-electron chi connectivity index (χ2n) is 4.88. The number of carboxylic acids is 1. The van der Waals surface area contributed by atoms with Crippen molar-refractivity contribution in [3.05, 3.63) is 29.6 Å². The van der Waals surface area contributed by atoms with E-state index >= 15 is 0 Å². The van der Waals surface area contributed by atoms with E-state index in [1.165, 1.54) is 18.3 Å². The maximum atomic E-state index is 11.8. The van der Waals surface area contributed by atoms with E-state index in [1.54, 1.807) is 26.8 Å². The predicted molar refractivity (Wildman–Crippen MR) is 65.4 cm³/mol. The third-order valence-electron chi connectivity index (χ3n) is 2.10. The first kappa shape index (κ1) is 14.6. The van der Waals surface area contributed by atoms with Gasteiger partial charge in [-0.1, -0.05) is 0 Å². The fourth-order valence-corrected chi connectivity index (χ4v) is 1.34. The van der Waals surface area contributed by atoms with Gasteiger partial charge in [-0.3, -0.25) is 4.79 Å². The number of aromatic nitrogens is 1. The molecule has 0 aliphatic carbocycles. The fourth-order valence-electron chi connectivity index (χ4n) is 1.34. The Kier molecular flexibility index (Phi) is 4.22. The highest BCUT2D eigenvalue weighted by Gasteiger charge is 2.23. The standard InChI is InChI=1S/C13H14N2O4/c1-13(2,3)19-12(18)10-6-8(4-5-15-10)9(7-14)11(16)17/h4-6,9H,1-3H3,(H,16,17). The molecular formula is C13H14N2O4. The molecule has 0 aromatic carbocycles. The van der Waals surface area contributed by atoms with Crippen LogP contribution in [0.5, 0.6) is 0 Å². The van der Waals surface area contributed by atoms with Crippen molar-refractivity contribution in [1.82, 2.24) is 4.98 Å². The van der Waals surface area contributed by atoms with E-state index in [9.17, 15) is 9.59 Å². The molecule has 100 valence electrons. The van der Waals surface area contributed by atoms with Crippen LogP contribution in [-0.4, -0.2) is 27.6 Å². The highest BCUT2D eigenvalue weighted by molar-refractivity contribution is 5.88. The summed E-state index contributed by atoms with van der Waals surface area (Å²) in [5.41, 5.74) is -0.490. The number of carbonyl (C=O) groups is 2. The Morgan fingerprint density at radius 1 is 1.47 bits per heavy atom. The average Bonchev–Trinajstić information content (AvgIpc) is 2.27. The minimum atomic E-state index is -1.33. The van der Waals surface area contributed by atoms with Crippen molar-refractivity contribution in [2.45, 2.75) is 32.3 Å². The zero-order valence-electron chi connectivity index (χ0n) is 10.9. The molecule has 1 unspecified atom stereocenters. The monoisotopic (exact) mass is 262 g/mol. The first-order valence-corrected chi connectivity index (χ1v) is 5.56. The number of hydrogen-bond acceptors (Lipinski definition) is 5. The molecule has 0 bridgehead atoms. The number of aliphatic carboxylic acids is 1. The van der Waals surface area contributed by atoms with Crippen LogP contribution < -0.4 is 0 Å². The first-order valence-electron chi connectivity index (χ1n) is 5.56. The van der Waals surface area contributed by atoms with Crippen LogP contribution in [0, 0.1) is 11.3 Å². The normalized spacial score (nSPS) is 12.3. The van der Waals surface area contributed by atoms with Crippen molar-refractivity contribution in [2.24, 2.45) is 0 Å². The molecule has 0 aliphatic rings. The molecule has 1 atom stereocenters. The average molecular weight is 262 g/mol. The molecule has 6 nitrogen and oxygen atoms in total. The molecule has 0 saturated carbocycles. The number of carboxylic acid groups (broad SMARTS) is 1. The van der Waals surface area contributed by atoms with Crippen LogP contribution in [-0.2, 0) is 9.53 Å². The fraction of sp³-hybridized carbons (Fsp3) is 0.385. The number of esters is 1. The Balaban J connectivity index is 3.04. The number of rotatable bonds is 3. The van der Waals surface area contributed by atoms with Crippen molar-refractivity contribution in [3.63, 3.8) is 0 Å². The third-order valence-corrected chi connectivity index (χ3v) is 2.10. The van der Waals surface area contributed by atoms with E-state index < -0.39 is 23.5 Å². The minimum Gasteiger partial charge on any atom is -0.480 e. The zero-order valence-corrected chi connectivity index (χ0v) is 10.9. The van der Waals surface area contributed by atoms with Crippen molar-refractivity contribution >= 4 is 11.9 Å². The zero-order chi connectivity index (χ0) is 14.6. The summed E-state index contributed by atoms with van der Waals surface area (Å²) in [5.74, 6) is -3.26. The number of carbonyl (C=O) groups excluding carboxylic acids is 1. The van der Waals surface area contributed by atoms with Crippen LogP contribution in [0.15, 0.2) is 18.3 Å². The number of ether oxygens (including phenoxy) is 1. The van der Waals surface area contributed by atoms with E-state index in [4.69, 9.17) is 15.1 Å². The molecule has 1 rings (SSSR count). The molecule has 1 heterocycles. The van der Waals surface area contributed by atoms with Crippen LogP contribution >= 0.6 is 0 Å². The van der Waals surface area contributed by atoms with Gasteiger partial charge in [0.2, 0.25) is 0 Å². The maximum absolute atomic E-state index is 11.8. The highest BCUT2D eigenvalue weighted by Crippen LogP contribution is 2.17. The molecule has 0 amide bonds. The largest absolute Gasteiger partial charge is 0.480 e. The summed E-state index contributed by atoms with van der Waals surface area (Å²) >= 11 is 0. The third kappa shape index (κ3) is 4.07. The smallest absolute Gasteiger partial charge is 0.357 e. The van der Waals surface area contributed by atoms with Crippen LogP contribution in [0.25, 0.3) is 0 Å². The van der Waals surface area contributed by atoms with Gasteiger partial charge in [0, 0.05) is 6.20 Å². The molecule has 0 radical (unpaired) electrons. The second kappa shape index (κ2) is 5.48. The van der Waals surface area contributed by atoms with Crippen molar-refractivity contribution < 1.29 is 19.4 Å². The van der Waals surface area contributed by atoms with E-state index in [0.717, 1.165) is 0 Å². The topological polar surface area (TPSA) is 100 Å². The van der Waals surface area contributed by atoms with Gasteiger partial charge in [0.1, 0.15) is 11.3 Å². The molecule has 1 aromatic rings. The predicted octanol–water partition coefficient (Wildman–Crippen LogP) is 1.73. The van der Waals surface area contributed by atoms with Gasteiger partial charge in [-0.25, -0.2) is 9.78 Å². The SMILES string of the molecule is CC(C)(C)OC(=O)c1cc(C(C#N)C(=O)O)ccn1. The van der Waals surface area contributed by atoms with E-state index in [1.807, 2.05) is 0 Å². The Hall–Kier alpha value is -2.42. The maximum Gasteiger partial charge on any atom is 0.357 e. The molecule has 0 fully saturated rings. The molecule has 1 aromatic heterocycles. The summed E-state index contributed by atoms with van der Waals surface area (Å²) in [7, 11) is 0. The molecule has 6 heteroatoms. The summed E-state index contributed by atoms with van der Waals surface area (Å²) in [5, 5.41) is 17.7. The summed E-state index contributed by atoms with van der Waals surface area (Å²) in [4.78, 5) is 26.5. The number of nitrogens with zero attached hydrogens (tertiary/aromatic N) is 2. The van der Waals surface area contributed by atoms with Gasteiger partial charge in [-0.15, -0.1) is 0 Å². The summed E-state index contributed by atoms with van der Waals surface area (Å²) in [6, 6.07) is 4.30. The lowest BCUT2D eigenvalue weighted by molar-refractivity contribution is -0.137. The van der Waals surface area contributed by atoms with Crippen LogP contribution in [0.4, 0.5) is 0 Å². The molecular weight excluding hydrogens is 248 g/mol. The Bertz CT molecular complexity index is 540.